The molecule has 0 spiro atoms. The number of rotatable bonds is 6. The van der Waals surface area contributed by atoms with Crippen molar-refractivity contribution in [1.29, 1.82) is 0 Å². The molecule has 1 aromatic carbocycles. The molecule has 1 heterocycles. The Morgan fingerprint density at radius 3 is 2.48 bits per heavy atom. The van der Waals surface area contributed by atoms with E-state index in [1.165, 1.54) is 0 Å². The van der Waals surface area contributed by atoms with Crippen LogP contribution in [0.2, 0.25) is 0 Å². The Hall–Kier alpha value is -1.46. The molecule has 2 rings (SSSR count). The summed E-state index contributed by atoms with van der Waals surface area (Å²) in [6.45, 7) is 3.83. The quantitative estimate of drug-likeness (QED) is 0.802. The zero-order chi connectivity index (χ0) is 15.1. The van der Waals surface area contributed by atoms with E-state index in [4.69, 9.17) is 4.74 Å². The molecule has 1 saturated heterocycles. The van der Waals surface area contributed by atoms with Crippen LogP contribution in [0.15, 0.2) is 30.3 Å². The van der Waals surface area contributed by atoms with Crippen LogP contribution in [0.1, 0.15) is 5.56 Å². The van der Waals surface area contributed by atoms with Gasteiger partial charge < -0.3 is 4.74 Å². The third kappa shape index (κ3) is 5.10. The monoisotopic (exact) mass is 296 g/mol. The highest BCUT2D eigenvalue weighted by atomic mass is 19.3. The molecule has 0 aromatic heterocycles. The van der Waals surface area contributed by atoms with Gasteiger partial charge in [0.2, 0.25) is 0 Å². The molecule has 1 aliphatic heterocycles. The van der Waals surface area contributed by atoms with E-state index < -0.39 is 6.43 Å². The highest BCUT2D eigenvalue weighted by Crippen LogP contribution is 2.18. The van der Waals surface area contributed by atoms with Crippen molar-refractivity contribution >= 4 is 6.08 Å². The van der Waals surface area contributed by atoms with Crippen LogP contribution in [0.5, 0.6) is 5.75 Å². The van der Waals surface area contributed by atoms with Crippen LogP contribution in [0.3, 0.4) is 0 Å². The van der Waals surface area contributed by atoms with Crippen LogP contribution in [-0.2, 0) is 0 Å². The van der Waals surface area contributed by atoms with Crippen LogP contribution in [0.4, 0.5) is 8.78 Å². The molecule has 0 N–H and O–H groups in total. The molecule has 1 fully saturated rings. The van der Waals surface area contributed by atoms with E-state index in [0.717, 1.165) is 30.9 Å². The van der Waals surface area contributed by atoms with Crippen LogP contribution >= 0.6 is 0 Å². The summed E-state index contributed by atoms with van der Waals surface area (Å²) in [7, 11) is 1.66. The molecule has 0 amide bonds. The number of hydrogen-bond donors (Lipinski definition) is 0. The van der Waals surface area contributed by atoms with Gasteiger partial charge in [0.15, 0.2) is 0 Å². The van der Waals surface area contributed by atoms with Gasteiger partial charge in [-0.2, -0.15) is 0 Å². The molecule has 0 aliphatic carbocycles. The lowest BCUT2D eigenvalue weighted by molar-refractivity contribution is 0.0592. The van der Waals surface area contributed by atoms with Crippen molar-refractivity contribution in [3.05, 3.63) is 35.9 Å². The first-order valence-corrected chi connectivity index (χ1v) is 7.21. The van der Waals surface area contributed by atoms with Crippen LogP contribution in [-0.4, -0.2) is 62.6 Å². The lowest BCUT2D eigenvalue weighted by atomic mass is 10.2. The zero-order valence-corrected chi connectivity index (χ0v) is 12.3. The molecular weight excluding hydrogens is 274 g/mol. The summed E-state index contributed by atoms with van der Waals surface area (Å²) < 4.78 is 29.9. The number of benzene rings is 1. The molecular formula is C16H22F2N2O. The van der Waals surface area contributed by atoms with Gasteiger partial charge in [0.1, 0.15) is 5.75 Å². The average molecular weight is 296 g/mol. The number of para-hydroxylation sites is 1. The Labute approximate surface area is 124 Å². The number of hydrogen-bond acceptors (Lipinski definition) is 3. The van der Waals surface area contributed by atoms with Crippen molar-refractivity contribution in [3.8, 4) is 5.75 Å². The van der Waals surface area contributed by atoms with Gasteiger partial charge in [-0.1, -0.05) is 30.4 Å². The lowest BCUT2D eigenvalue weighted by Crippen LogP contribution is -2.47. The summed E-state index contributed by atoms with van der Waals surface area (Å²) in [5.41, 5.74) is 1.05. The van der Waals surface area contributed by atoms with Crippen LogP contribution < -0.4 is 4.74 Å². The maximum Gasteiger partial charge on any atom is 0.251 e. The smallest absolute Gasteiger partial charge is 0.251 e. The van der Waals surface area contributed by atoms with Gasteiger partial charge in [0, 0.05) is 38.3 Å². The second-order valence-electron chi connectivity index (χ2n) is 5.14. The largest absolute Gasteiger partial charge is 0.496 e. The van der Waals surface area contributed by atoms with Gasteiger partial charge in [-0.15, -0.1) is 0 Å². The molecule has 1 aromatic rings. The first-order valence-electron chi connectivity index (χ1n) is 7.21. The van der Waals surface area contributed by atoms with Crippen molar-refractivity contribution in [2.75, 3.05) is 46.4 Å². The Morgan fingerprint density at radius 2 is 1.81 bits per heavy atom. The van der Waals surface area contributed by atoms with Crippen molar-refractivity contribution in [1.82, 2.24) is 9.80 Å². The predicted octanol–water partition coefficient (Wildman–Crippen LogP) is 2.59. The second-order valence-corrected chi connectivity index (χ2v) is 5.14. The maximum absolute atomic E-state index is 12.3. The van der Waals surface area contributed by atoms with E-state index in [-0.39, 0.29) is 6.54 Å². The summed E-state index contributed by atoms with van der Waals surface area (Å²) in [6.07, 6.45) is 1.91. The predicted molar refractivity (Wildman–Crippen MR) is 80.9 cm³/mol. The molecule has 5 heteroatoms. The minimum Gasteiger partial charge on any atom is -0.496 e. The second kappa shape index (κ2) is 8.10. The third-order valence-corrected chi connectivity index (χ3v) is 3.66. The Bertz CT molecular complexity index is 457. The molecule has 21 heavy (non-hydrogen) atoms. The first kappa shape index (κ1) is 15.9. The summed E-state index contributed by atoms with van der Waals surface area (Å²) >= 11 is 0. The highest BCUT2D eigenvalue weighted by Gasteiger charge is 2.18. The Kier molecular flexibility index (Phi) is 6.14. The standard InChI is InChI=1S/C16H22F2N2O/c1-21-15-7-3-2-5-14(15)6-4-8-19-9-11-20(12-10-19)13-16(17)18/h2-7,16H,8-13H2,1H3/b6-4+. The van der Waals surface area contributed by atoms with Crippen molar-refractivity contribution < 1.29 is 13.5 Å². The molecule has 0 bridgehead atoms. The number of halogens is 2. The lowest BCUT2D eigenvalue weighted by Gasteiger charge is -2.33. The minimum absolute atomic E-state index is 0.106. The average Bonchev–Trinajstić information content (AvgIpc) is 2.49. The van der Waals surface area contributed by atoms with Crippen LogP contribution in [0.25, 0.3) is 6.08 Å². The minimum atomic E-state index is -2.23. The molecule has 0 saturated carbocycles. The van der Waals surface area contributed by atoms with E-state index in [0.29, 0.717) is 13.1 Å². The Balaban J connectivity index is 1.78. The molecule has 0 radical (unpaired) electrons. The van der Waals surface area contributed by atoms with Crippen molar-refractivity contribution in [3.63, 3.8) is 0 Å². The molecule has 3 nitrogen and oxygen atoms in total. The SMILES string of the molecule is COc1ccccc1/C=C/CN1CCN(CC(F)F)CC1. The highest BCUT2D eigenvalue weighted by molar-refractivity contribution is 5.57. The molecule has 0 atom stereocenters. The molecule has 1 aliphatic rings. The van der Waals surface area contributed by atoms with Gasteiger partial charge in [-0.3, -0.25) is 9.80 Å². The van der Waals surface area contributed by atoms with Gasteiger partial charge in [0.05, 0.1) is 13.7 Å². The van der Waals surface area contributed by atoms with E-state index in [2.05, 4.69) is 11.0 Å². The van der Waals surface area contributed by atoms with E-state index in [1.807, 2.05) is 35.2 Å². The maximum atomic E-state index is 12.3. The van der Waals surface area contributed by atoms with Gasteiger partial charge >= 0.3 is 0 Å². The topological polar surface area (TPSA) is 15.7 Å². The third-order valence-electron chi connectivity index (χ3n) is 3.66. The number of ether oxygens (including phenoxy) is 1. The molecule has 0 unspecified atom stereocenters. The van der Waals surface area contributed by atoms with E-state index in [9.17, 15) is 8.78 Å². The van der Waals surface area contributed by atoms with Crippen molar-refractivity contribution in [2.24, 2.45) is 0 Å². The van der Waals surface area contributed by atoms with Gasteiger partial charge in [0.25, 0.3) is 6.43 Å². The number of alkyl halides is 2. The fraction of sp³-hybridized carbons (Fsp3) is 0.500. The Morgan fingerprint density at radius 1 is 1.14 bits per heavy atom. The van der Waals surface area contributed by atoms with Gasteiger partial charge in [-0.05, 0) is 6.07 Å². The number of nitrogens with zero attached hydrogens (tertiary/aromatic N) is 2. The van der Waals surface area contributed by atoms with E-state index >= 15 is 0 Å². The summed E-state index contributed by atoms with van der Waals surface area (Å²) in [6, 6.07) is 7.86. The fourth-order valence-corrected chi connectivity index (χ4v) is 2.48. The van der Waals surface area contributed by atoms with Gasteiger partial charge in [-0.25, -0.2) is 8.78 Å². The number of piperazine rings is 1. The van der Waals surface area contributed by atoms with Crippen LogP contribution in [0, 0.1) is 0 Å². The normalized spacial score (nSPS) is 17.7. The summed E-state index contributed by atoms with van der Waals surface area (Å²) in [5, 5.41) is 0. The summed E-state index contributed by atoms with van der Waals surface area (Å²) in [4.78, 5) is 4.10. The molecule has 116 valence electrons. The number of methoxy groups -OCH3 is 1. The fourth-order valence-electron chi connectivity index (χ4n) is 2.48. The summed E-state index contributed by atoms with van der Waals surface area (Å²) in [5.74, 6) is 0.857. The van der Waals surface area contributed by atoms with E-state index in [1.54, 1.807) is 7.11 Å². The zero-order valence-electron chi connectivity index (χ0n) is 12.3. The first-order chi connectivity index (χ1) is 10.2. The van der Waals surface area contributed by atoms with Crippen molar-refractivity contribution in [2.45, 2.75) is 6.43 Å².